The van der Waals surface area contributed by atoms with E-state index in [4.69, 9.17) is 4.74 Å². The Hall–Kier alpha value is -2.64. The van der Waals surface area contributed by atoms with Gasteiger partial charge in [-0.05, 0) is 107 Å². The largest absolute Gasteiger partial charge is 0.381 e. The van der Waals surface area contributed by atoms with Gasteiger partial charge in [0, 0.05) is 54.9 Å². The lowest BCUT2D eigenvalue weighted by Gasteiger charge is -2.37. The molecule has 0 aliphatic carbocycles. The van der Waals surface area contributed by atoms with Crippen molar-refractivity contribution in [3.63, 3.8) is 0 Å². The smallest absolute Gasteiger partial charge is 0.253 e. The molecule has 0 unspecified atom stereocenters. The highest BCUT2D eigenvalue weighted by atomic mass is 16.5. The third-order valence-electron chi connectivity index (χ3n) is 7.66. The number of ether oxygens (including phenoxy) is 1. The fraction of sp³-hybridized carbons (Fsp3) is 0.571. The topological polar surface area (TPSA) is 86.5 Å². The molecule has 0 saturated carbocycles. The number of rotatable bonds is 7. The molecule has 0 radical (unpaired) electrons. The number of nitrogens with one attached hydrogen (secondary N) is 3. The summed E-state index contributed by atoms with van der Waals surface area (Å²) in [7, 11) is 0. The summed E-state index contributed by atoms with van der Waals surface area (Å²) in [5, 5.41) is 6.49. The molecule has 2 aromatic rings. The molecule has 2 fully saturated rings. The number of aromatic nitrogens is 1. The molecule has 2 aliphatic heterocycles. The molecular weight excluding hydrogens is 440 g/mol. The monoisotopic (exact) mass is 480 g/mol. The number of H-pyrrole nitrogens is 1. The minimum absolute atomic E-state index is 0.123. The van der Waals surface area contributed by atoms with E-state index in [-0.39, 0.29) is 18.0 Å². The zero-order chi connectivity index (χ0) is 24.9. The fourth-order valence-corrected chi connectivity index (χ4v) is 5.63. The van der Waals surface area contributed by atoms with Crippen LogP contribution in [0.15, 0.2) is 23.0 Å². The highest BCUT2D eigenvalue weighted by Crippen LogP contribution is 2.35. The Morgan fingerprint density at radius 3 is 2.46 bits per heavy atom. The molecule has 3 heterocycles. The number of benzene rings is 1. The first-order valence-corrected chi connectivity index (χ1v) is 13.1. The SMILES string of the molecule is CCN(c1cc(C2CCNCC2)cc(C(=O)NCc2c(C)cc(C)[nH]c2=O)c1C)C1CCOCC1. The van der Waals surface area contributed by atoms with E-state index in [9.17, 15) is 9.59 Å². The van der Waals surface area contributed by atoms with Gasteiger partial charge in [0.15, 0.2) is 0 Å². The van der Waals surface area contributed by atoms with Gasteiger partial charge < -0.3 is 25.3 Å². The minimum atomic E-state index is -0.139. The van der Waals surface area contributed by atoms with Crippen LogP contribution in [0.5, 0.6) is 0 Å². The average Bonchev–Trinajstić information content (AvgIpc) is 2.86. The first-order valence-electron chi connectivity index (χ1n) is 13.1. The van der Waals surface area contributed by atoms with Crippen LogP contribution in [0.2, 0.25) is 0 Å². The maximum atomic E-state index is 13.5. The number of piperidine rings is 1. The van der Waals surface area contributed by atoms with Crippen LogP contribution in [-0.4, -0.2) is 49.8 Å². The van der Waals surface area contributed by atoms with Crippen molar-refractivity contribution >= 4 is 11.6 Å². The van der Waals surface area contributed by atoms with E-state index in [2.05, 4.69) is 46.5 Å². The Morgan fingerprint density at radius 2 is 1.80 bits per heavy atom. The summed E-state index contributed by atoms with van der Waals surface area (Å²) in [6, 6.07) is 6.78. The quantitative estimate of drug-likeness (QED) is 0.563. The summed E-state index contributed by atoms with van der Waals surface area (Å²) in [6.45, 7) is 12.7. The van der Waals surface area contributed by atoms with E-state index in [0.717, 1.165) is 81.0 Å². The Balaban J connectivity index is 1.67. The third-order valence-corrected chi connectivity index (χ3v) is 7.66. The van der Waals surface area contributed by atoms with E-state index < -0.39 is 0 Å². The molecule has 35 heavy (non-hydrogen) atoms. The van der Waals surface area contributed by atoms with Crippen LogP contribution < -0.4 is 21.1 Å². The van der Waals surface area contributed by atoms with E-state index in [1.807, 2.05) is 19.9 Å². The summed E-state index contributed by atoms with van der Waals surface area (Å²) in [5.41, 5.74) is 6.30. The van der Waals surface area contributed by atoms with Crippen LogP contribution in [0.25, 0.3) is 0 Å². The summed E-state index contributed by atoms with van der Waals surface area (Å²) < 4.78 is 5.62. The van der Waals surface area contributed by atoms with Gasteiger partial charge in [0.1, 0.15) is 0 Å². The van der Waals surface area contributed by atoms with Crippen molar-refractivity contribution < 1.29 is 9.53 Å². The second kappa shape index (κ2) is 11.4. The van der Waals surface area contributed by atoms with E-state index in [0.29, 0.717) is 23.1 Å². The summed E-state index contributed by atoms with van der Waals surface area (Å²) in [5.74, 6) is 0.319. The Bertz CT molecular complexity index is 1100. The number of pyridine rings is 1. The molecular formula is C28H40N4O3. The van der Waals surface area contributed by atoms with Crippen molar-refractivity contribution in [2.24, 2.45) is 0 Å². The number of aryl methyl sites for hydroxylation is 2. The normalized spacial score (nSPS) is 17.4. The zero-order valence-electron chi connectivity index (χ0n) is 21.6. The number of carbonyl (C=O) groups excluding carboxylic acids is 1. The van der Waals surface area contributed by atoms with Gasteiger partial charge in [0.05, 0.1) is 0 Å². The molecule has 4 rings (SSSR count). The fourth-order valence-electron chi connectivity index (χ4n) is 5.63. The molecule has 7 heteroatoms. The Kier molecular flexibility index (Phi) is 8.29. The molecule has 1 aromatic heterocycles. The molecule has 3 N–H and O–H groups in total. The lowest BCUT2D eigenvalue weighted by atomic mass is 9.87. The highest BCUT2D eigenvalue weighted by molar-refractivity contribution is 5.97. The first kappa shape index (κ1) is 25.5. The molecule has 0 atom stereocenters. The maximum Gasteiger partial charge on any atom is 0.253 e. The van der Waals surface area contributed by atoms with E-state index in [1.54, 1.807) is 0 Å². The van der Waals surface area contributed by atoms with Gasteiger partial charge in [-0.3, -0.25) is 9.59 Å². The van der Waals surface area contributed by atoms with Gasteiger partial charge >= 0.3 is 0 Å². The Morgan fingerprint density at radius 1 is 1.09 bits per heavy atom. The zero-order valence-corrected chi connectivity index (χ0v) is 21.6. The van der Waals surface area contributed by atoms with Crippen LogP contribution in [0.1, 0.15) is 76.8 Å². The number of hydrogen-bond acceptors (Lipinski definition) is 5. The van der Waals surface area contributed by atoms with Crippen molar-refractivity contribution in [1.82, 2.24) is 15.6 Å². The van der Waals surface area contributed by atoms with Gasteiger partial charge in [-0.25, -0.2) is 0 Å². The number of nitrogens with zero attached hydrogens (tertiary/aromatic N) is 1. The second-order valence-corrected chi connectivity index (χ2v) is 9.99. The van der Waals surface area contributed by atoms with Crippen molar-refractivity contribution in [1.29, 1.82) is 0 Å². The molecule has 2 saturated heterocycles. The average molecular weight is 481 g/mol. The molecule has 190 valence electrons. The van der Waals surface area contributed by atoms with Crippen LogP contribution in [0.4, 0.5) is 5.69 Å². The van der Waals surface area contributed by atoms with Crippen molar-refractivity contribution in [3.05, 3.63) is 62.1 Å². The lowest BCUT2D eigenvalue weighted by molar-refractivity contribution is 0.0845. The van der Waals surface area contributed by atoms with Gasteiger partial charge in [-0.2, -0.15) is 0 Å². The predicted octanol–water partition coefficient (Wildman–Crippen LogP) is 3.70. The van der Waals surface area contributed by atoms with Crippen LogP contribution in [0, 0.1) is 20.8 Å². The molecule has 1 aromatic carbocycles. The van der Waals surface area contributed by atoms with E-state index >= 15 is 0 Å². The standard InChI is InChI=1S/C28H40N4O3/c1-5-32(23-8-12-35-13-9-23)26-16-22(21-6-10-29-11-7-21)15-24(20(26)4)27(33)30-17-25-18(2)14-19(3)31-28(25)34/h14-16,21,23,29H,5-13,17H2,1-4H3,(H,30,33)(H,31,34). The summed E-state index contributed by atoms with van der Waals surface area (Å²) in [4.78, 5) is 31.3. The van der Waals surface area contributed by atoms with Gasteiger partial charge in [0.25, 0.3) is 11.5 Å². The van der Waals surface area contributed by atoms with Gasteiger partial charge in [-0.1, -0.05) is 0 Å². The summed E-state index contributed by atoms with van der Waals surface area (Å²) in [6.07, 6.45) is 4.15. The highest BCUT2D eigenvalue weighted by Gasteiger charge is 2.26. The van der Waals surface area contributed by atoms with Crippen molar-refractivity contribution in [2.75, 3.05) is 37.7 Å². The van der Waals surface area contributed by atoms with E-state index in [1.165, 1.54) is 5.56 Å². The first-order chi connectivity index (χ1) is 16.9. The lowest BCUT2D eigenvalue weighted by Crippen LogP contribution is -2.40. The Labute approximate surface area is 208 Å². The number of hydrogen-bond donors (Lipinski definition) is 3. The van der Waals surface area contributed by atoms with Gasteiger partial charge in [-0.15, -0.1) is 0 Å². The molecule has 2 aliphatic rings. The predicted molar refractivity (Wildman–Crippen MR) is 141 cm³/mol. The number of carbonyl (C=O) groups is 1. The van der Waals surface area contributed by atoms with Crippen LogP contribution >= 0.6 is 0 Å². The minimum Gasteiger partial charge on any atom is -0.381 e. The second-order valence-electron chi connectivity index (χ2n) is 9.99. The molecule has 7 nitrogen and oxygen atoms in total. The maximum absolute atomic E-state index is 13.5. The number of amides is 1. The number of anilines is 1. The summed E-state index contributed by atoms with van der Waals surface area (Å²) >= 11 is 0. The number of aromatic amines is 1. The van der Waals surface area contributed by atoms with Crippen molar-refractivity contribution in [3.8, 4) is 0 Å². The third kappa shape index (κ3) is 5.78. The van der Waals surface area contributed by atoms with Gasteiger partial charge in [0.2, 0.25) is 0 Å². The van der Waals surface area contributed by atoms with Crippen LogP contribution in [0.3, 0.4) is 0 Å². The molecule has 1 amide bonds. The molecule has 0 bridgehead atoms. The molecule has 0 spiro atoms. The van der Waals surface area contributed by atoms with Crippen molar-refractivity contribution in [2.45, 2.75) is 71.9 Å². The van der Waals surface area contributed by atoms with Crippen LogP contribution in [-0.2, 0) is 11.3 Å².